The quantitative estimate of drug-likeness (QED) is 0.662. The van der Waals surface area contributed by atoms with E-state index in [9.17, 15) is 22.0 Å². The van der Waals surface area contributed by atoms with E-state index < -0.39 is 16.6 Å². The summed E-state index contributed by atoms with van der Waals surface area (Å²) in [6, 6.07) is 9.43. The number of methoxy groups -OCH3 is 1. The highest BCUT2D eigenvalue weighted by Gasteiger charge is 2.27. The van der Waals surface area contributed by atoms with Crippen LogP contribution in [-0.4, -0.2) is 52.8 Å². The van der Waals surface area contributed by atoms with E-state index in [1.165, 1.54) is 28.4 Å². The summed E-state index contributed by atoms with van der Waals surface area (Å²) in [5, 5.41) is 0. The molecule has 0 spiro atoms. The van der Waals surface area contributed by atoms with Gasteiger partial charge in [0.05, 0.1) is 19.1 Å². The molecule has 0 atom stereocenters. The number of halogens is 2. The van der Waals surface area contributed by atoms with E-state index in [2.05, 4.69) is 4.74 Å². The summed E-state index contributed by atoms with van der Waals surface area (Å²) >= 11 is 0. The average Bonchev–Trinajstić information content (AvgIpc) is 3.11. The van der Waals surface area contributed by atoms with Crippen LogP contribution in [0.25, 0.3) is 0 Å². The van der Waals surface area contributed by atoms with Crippen LogP contribution in [0.4, 0.5) is 14.5 Å². The molecule has 7 nitrogen and oxygen atoms in total. The molecule has 10 heteroatoms. The lowest BCUT2D eigenvalue weighted by Crippen LogP contribution is -2.28. The van der Waals surface area contributed by atoms with E-state index in [-0.39, 0.29) is 24.0 Å². The van der Waals surface area contributed by atoms with Gasteiger partial charge in [-0.2, -0.15) is 8.78 Å². The number of amides is 1. The highest BCUT2D eigenvalue weighted by Crippen LogP contribution is 2.32. The van der Waals surface area contributed by atoms with Gasteiger partial charge in [-0.15, -0.1) is 0 Å². The summed E-state index contributed by atoms with van der Waals surface area (Å²) < 4.78 is 59.4. The number of fused-ring (bicyclic) bond motifs is 1. The highest BCUT2D eigenvalue weighted by atomic mass is 32.2. The van der Waals surface area contributed by atoms with Gasteiger partial charge in [0.15, 0.2) is 11.5 Å². The first-order valence-corrected chi connectivity index (χ1v) is 10.9. The van der Waals surface area contributed by atoms with Gasteiger partial charge in [-0.25, -0.2) is 8.42 Å². The molecule has 3 rings (SSSR count). The molecule has 1 aliphatic rings. The van der Waals surface area contributed by atoms with Crippen LogP contribution in [0.15, 0.2) is 36.4 Å². The molecule has 0 unspecified atom stereocenters. The van der Waals surface area contributed by atoms with E-state index >= 15 is 0 Å². The van der Waals surface area contributed by atoms with E-state index in [1.807, 2.05) is 0 Å². The minimum atomic E-state index is -3.35. The fourth-order valence-corrected chi connectivity index (χ4v) is 4.38. The molecule has 1 heterocycles. The zero-order valence-electron chi connectivity index (χ0n) is 16.8. The molecular weight excluding hydrogens is 418 g/mol. The Balaban J connectivity index is 1.75. The Labute approximate surface area is 173 Å². The summed E-state index contributed by atoms with van der Waals surface area (Å²) in [5.74, 6) is -0.186. The second kappa shape index (κ2) is 8.47. The molecule has 1 amide bonds. The van der Waals surface area contributed by atoms with Gasteiger partial charge in [0.25, 0.3) is 5.91 Å². The third-order valence-corrected chi connectivity index (χ3v) is 5.97. The van der Waals surface area contributed by atoms with Gasteiger partial charge >= 0.3 is 6.61 Å². The first kappa shape index (κ1) is 21.8. The molecule has 0 fully saturated rings. The molecule has 1 aliphatic heterocycles. The molecule has 0 saturated heterocycles. The smallest absolute Gasteiger partial charge is 0.387 e. The maximum Gasteiger partial charge on any atom is 0.387 e. The van der Waals surface area contributed by atoms with Crippen LogP contribution in [0.5, 0.6) is 11.5 Å². The minimum Gasteiger partial charge on any atom is -0.493 e. The first-order chi connectivity index (χ1) is 14.1. The molecule has 0 N–H and O–H groups in total. The Kier molecular flexibility index (Phi) is 6.16. The predicted molar refractivity (Wildman–Crippen MR) is 108 cm³/mol. The maximum absolute atomic E-state index is 12.8. The second-order valence-electron chi connectivity index (χ2n) is 6.95. The number of alkyl halides is 2. The van der Waals surface area contributed by atoms with Gasteiger partial charge < -0.3 is 14.4 Å². The number of carbonyl (C=O) groups excluding carboxylic acids is 1. The van der Waals surface area contributed by atoms with E-state index in [4.69, 9.17) is 4.74 Å². The van der Waals surface area contributed by atoms with E-state index in [1.54, 1.807) is 31.3 Å². The summed E-state index contributed by atoms with van der Waals surface area (Å²) in [5.41, 5.74) is 2.51. The first-order valence-electron chi connectivity index (χ1n) is 9.08. The number of rotatable bonds is 7. The van der Waals surface area contributed by atoms with E-state index in [0.717, 1.165) is 11.8 Å². The van der Waals surface area contributed by atoms with Crippen molar-refractivity contribution in [2.75, 3.05) is 31.3 Å². The number of ether oxygens (including phenoxy) is 2. The van der Waals surface area contributed by atoms with Crippen LogP contribution in [0.1, 0.15) is 21.5 Å². The maximum atomic E-state index is 12.8. The van der Waals surface area contributed by atoms with Gasteiger partial charge in [-0.05, 0) is 47.9 Å². The van der Waals surface area contributed by atoms with Gasteiger partial charge in [0.2, 0.25) is 10.0 Å². The minimum absolute atomic E-state index is 0.0840. The lowest BCUT2D eigenvalue weighted by atomic mass is 10.1. The molecule has 0 bridgehead atoms. The van der Waals surface area contributed by atoms with Crippen molar-refractivity contribution >= 4 is 21.6 Å². The number of anilines is 1. The standard InChI is InChI=1S/C20H22F2N2O5S/c1-23(12-13-4-7-17(29-20(21)22)18(10-13)28-2)19(25)15-5-6-16-14(11-15)8-9-24(16)30(3,26)27/h4-7,10-11,20H,8-9,12H2,1-3H3. The number of sulfonamides is 1. The van der Waals surface area contributed by atoms with Crippen LogP contribution in [0, 0.1) is 0 Å². The molecular formula is C20H22F2N2O5S. The normalized spacial score (nSPS) is 13.3. The van der Waals surface area contributed by atoms with Crippen molar-refractivity contribution < 1.29 is 31.5 Å². The summed E-state index contributed by atoms with van der Waals surface area (Å²) in [7, 11) is -0.392. The largest absolute Gasteiger partial charge is 0.493 e. The van der Waals surface area contributed by atoms with Crippen LogP contribution in [0.2, 0.25) is 0 Å². The van der Waals surface area contributed by atoms with Gasteiger partial charge in [0.1, 0.15) is 0 Å². The molecule has 30 heavy (non-hydrogen) atoms. The van der Waals surface area contributed by atoms with Crippen LogP contribution < -0.4 is 13.8 Å². The van der Waals surface area contributed by atoms with Crippen molar-refractivity contribution in [3.8, 4) is 11.5 Å². The van der Waals surface area contributed by atoms with Crippen LogP contribution >= 0.6 is 0 Å². The molecule has 0 saturated carbocycles. The lowest BCUT2D eigenvalue weighted by Gasteiger charge is -2.20. The molecule has 162 valence electrons. The van der Waals surface area contributed by atoms with Gasteiger partial charge in [-0.1, -0.05) is 6.07 Å². The third-order valence-electron chi connectivity index (χ3n) is 4.79. The average molecular weight is 440 g/mol. The monoisotopic (exact) mass is 440 g/mol. The second-order valence-corrected chi connectivity index (χ2v) is 8.86. The number of benzene rings is 2. The number of carbonyl (C=O) groups is 1. The van der Waals surface area contributed by atoms with Crippen LogP contribution in [-0.2, 0) is 23.0 Å². The zero-order valence-corrected chi connectivity index (χ0v) is 17.6. The fraction of sp³-hybridized carbons (Fsp3) is 0.350. The summed E-state index contributed by atoms with van der Waals surface area (Å²) in [6.07, 6.45) is 1.69. The van der Waals surface area contributed by atoms with Gasteiger partial charge in [0, 0.05) is 25.7 Å². The molecule has 0 radical (unpaired) electrons. The number of nitrogens with zero attached hydrogens (tertiary/aromatic N) is 2. The Bertz CT molecular complexity index is 1060. The Morgan fingerprint density at radius 3 is 2.57 bits per heavy atom. The number of hydrogen-bond donors (Lipinski definition) is 0. The Hall–Kier alpha value is -2.88. The molecule has 0 aliphatic carbocycles. The van der Waals surface area contributed by atoms with Gasteiger partial charge in [-0.3, -0.25) is 9.10 Å². The summed E-state index contributed by atoms with van der Waals surface area (Å²) in [4.78, 5) is 14.3. The van der Waals surface area contributed by atoms with Crippen molar-refractivity contribution in [1.29, 1.82) is 0 Å². The predicted octanol–water partition coefficient (Wildman–Crippen LogP) is 2.89. The Morgan fingerprint density at radius 1 is 1.20 bits per heavy atom. The van der Waals surface area contributed by atoms with Crippen molar-refractivity contribution in [3.63, 3.8) is 0 Å². The fourth-order valence-electron chi connectivity index (χ4n) is 3.42. The van der Waals surface area contributed by atoms with Crippen molar-refractivity contribution in [2.24, 2.45) is 0 Å². The van der Waals surface area contributed by atoms with E-state index in [0.29, 0.717) is 29.8 Å². The number of hydrogen-bond acceptors (Lipinski definition) is 5. The molecule has 2 aromatic carbocycles. The van der Waals surface area contributed by atoms with Crippen molar-refractivity contribution in [1.82, 2.24) is 4.90 Å². The molecule has 0 aromatic heterocycles. The summed E-state index contributed by atoms with van der Waals surface area (Å²) in [6.45, 7) is -2.39. The lowest BCUT2D eigenvalue weighted by molar-refractivity contribution is -0.0512. The third kappa shape index (κ3) is 4.64. The van der Waals surface area contributed by atoms with Crippen molar-refractivity contribution in [3.05, 3.63) is 53.1 Å². The highest BCUT2D eigenvalue weighted by molar-refractivity contribution is 7.92. The zero-order chi connectivity index (χ0) is 22.1. The van der Waals surface area contributed by atoms with Crippen molar-refractivity contribution in [2.45, 2.75) is 19.6 Å². The topological polar surface area (TPSA) is 76.2 Å². The van der Waals surface area contributed by atoms with Crippen LogP contribution in [0.3, 0.4) is 0 Å². The Morgan fingerprint density at radius 2 is 1.93 bits per heavy atom. The molecule has 2 aromatic rings. The SMILES string of the molecule is COc1cc(CN(C)C(=O)c2ccc3c(c2)CCN3S(C)(=O)=O)ccc1OC(F)F.